The molecule has 1 aliphatic rings. The van der Waals surface area contributed by atoms with Gasteiger partial charge in [0.15, 0.2) is 0 Å². The molecule has 1 aromatic carbocycles. The second-order valence-corrected chi connectivity index (χ2v) is 5.26. The van der Waals surface area contributed by atoms with Gasteiger partial charge in [-0.15, -0.1) is 0 Å². The molecule has 1 aliphatic heterocycles. The van der Waals surface area contributed by atoms with Crippen LogP contribution in [-0.4, -0.2) is 30.6 Å². The number of carbonyl (C=O) groups is 1. The van der Waals surface area contributed by atoms with E-state index in [1.54, 1.807) is 0 Å². The first-order valence-electron chi connectivity index (χ1n) is 6.86. The van der Waals surface area contributed by atoms with E-state index in [9.17, 15) is 4.79 Å². The first kappa shape index (κ1) is 14.4. The minimum Gasteiger partial charge on any atom is -0.466 e. The Bertz CT molecular complexity index is 413. The van der Waals surface area contributed by atoms with Crippen molar-refractivity contribution in [1.82, 2.24) is 4.90 Å². The second-order valence-electron chi connectivity index (χ2n) is 4.82. The maximum Gasteiger partial charge on any atom is 0.307 e. The lowest BCUT2D eigenvalue weighted by atomic mass is 10.0. The lowest BCUT2D eigenvalue weighted by Crippen LogP contribution is -2.28. The monoisotopic (exact) mass is 281 g/mol. The van der Waals surface area contributed by atoms with Crippen molar-refractivity contribution in [1.29, 1.82) is 0 Å². The van der Waals surface area contributed by atoms with Crippen molar-refractivity contribution in [3.8, 4) is 0 Å². The fourth-order valence-corrected chi connectivity index (χ4v) is 2.70. The van der Waals surface area contributed by atoms with Crippen molar-refractivity contribution in [2.24, 2.45) is 0 Å². The molecule has 4 heteroatoms. The average molecular weight is 282 g/mol. The number of nitrogens with zero attached hydrogens (tertiary/aromatic N) is 1. The Balaban J connectivity index is 2.13. The van der Waals surface area contributed by atoms with E-state index in [0.717, 1.165) is 23.7 Å². The van der Waals surface area contributed by atoms with Crippen LogP contribution >= 0.6 is 11.6 Å². The van der Waals surface area contributed by atoms with E-state index in [-0.39, 0.29) is 12.0 Å². The number of hydrogen-bond acceptors (Lipinski definition) is 3. The van der Waals surface area contributed by atoms with Gasteiger partial charge in [0.2, 0.25) is 0 Å². The normalized spacial score (nSPS) is 17.4. The fourth-order valence-electron chi connectivity index (χ4n) is 2.57. The van der Waals surface area contributed by atoms with Crippen LogP contribution in [0, 0.1) is 0 Å². The summed E-state index contributed by atoms with van der Waals surface area (Å²) < 4.78 is 5.09. The first-order valence-corrected chi connectivity index (χ1v) is 7.23. The standard InChI is InChI=1S/C15H20ClNO2/c1-2-19-15(18)11-14(17-9-3-4-10-17)12-5-7-13(16)8-6-12/h5-8,14H,2-4,9-11H2,1H3. The molecule has 2 rings (SSSR count). The van der Waals surface area contributed by atoms with Crippen LogP contribution < -0.4 is 0 Å². The van der Waals surface area contributed by atoms with Gasteiger partial charge in [0.25, 0.3) is 0 Å². The molecule has 104 valence electrons. The molecule has 19 heavy (non-hydrogen) atoms. The van der Waals surface area contributed by atoms with Crippen molar-refractivity contribution in [2.75, 3.05) is 19.7 Å². The van der Waals surface area contributed by atoms with Crippen LogP contribution in [0.5, 0.6) is 0 Å². The zero-order valence-electron chi connectivity index (χ0n) is 11.3. The topological polar surface area (TPSA) is 29.5 Å². The number of carbonyl (C=O) groups excluding carboxylic acids is 1. The quantitative estimate of drug-likeness (QED) is 0.775. The van der Waals surface area contributed by atoms with Crippen molar-refractivity contribution in [2.45, 2.75) is 32.2 Å². The van der Waals surface area contributed by atoms with Gasteiger partial charge in [-0.2, -0.15) is 0 Å². The smallest absolute Gasteiger partial charge is 0.307 e. The van der Waals surface area contributed by atoms with E-state index in [4.69, 9.17) is 16.3 Å². The molecule has 1 atom stereocenters. The number of likely N-dealkylation sites (tertiary alicyclic amines) is 1. The van der Waals surface area contributed by atoms with Crippen LogP contribution in [0.15, 0.2) is 24.3 Å². The summed E-state index contributed by atoms with van der Waals surface area (Å²) in [6, 6.07) is 7.88. The SMILES string of the molecule is CCOC(=O)CC(c1ccc(Cl)cc1)N1CCCC1. The predicted octanol–water partition coefficient (Wildman–Crippen LogP) is 3.43. The van der Waals surface area contributed by atoms with Gasteiger partial charge in [-0.25, -0.2) is 0 Å². The zero-order valence-corrected chi connectivity index (χ0v) is 12.0. The van der Waals surface area contributed by atoms with E-state index in [2.05, 4.69) is 4.90 Å². The Morgan fingerprint density at radius 3 is 2.53 bits per heavy atom. The molecule has 0 bridgehead atoms. The maximum absolute atomic E-state index is 11.8. The van der Waals surface area contributed by atoms with Gasteiger partial charge >= 0.3 is 5.97 Å². The van der Waals surface area contributed by atoms with Crippen LogP contribution in [0.1, 0.15) is 37.8 Å². The number of esters is 1. The van der Waals surface area contributed by atoms with Crippen LogP contribution in [0.2, 0.25) is 5.02 Å². The van der Waals surface area contributed by atoms with E-state index in [1.165, 1.54) is 12.8 Å². The minimum absolute atomic E-state index is 0.110. The number of benzene rings is 1. The summed E-state index contributed by atoms with van der Waals surface area (Å²) in [5.41, 5.74) is 1.14. The highest BCUT2D eigenvalue weighted by Gasteiger charge is 2.26. The minimum atomic E-state index is -0.130. The van der Waals surface area contributed by atoms with Crippen LogP contribution in [0.4, 0.5) is 0 Å². The van der Waals surface area contributed by atoms with E-state index < -0.39 is 0 Å². The molecular weight excluding hydrogens is 262 g/mol. The van der Waals surface area contributed by atoms with Gasteiger partial charge < -0.3 is 4.74 Å². The fraction of sp³-hybridized carbons (Fsp3) is 0.533. The molecule has 0 aliphatic carbocycles. The highest BCUT2D eigenvalue weighted by Crippen LogP contribution is 2.29. The zero-order chi connectivity index (χ0) is 13.7. The highest BCUT2D eigenvalue weighted by molar-refractivity contribution is 6.30. The van der Waals surface area contributed by atoms with Gasteiger partial charge in [-0.3, -0.25) is 9.69 Å². The van der Waals surface area contributed by atoms with Gasteiger partial charge in [0.1, 0.15) is 0 Å². The molecule has 1 unspecified atom stereocenters. The summed E-state index contributed by atoms with van der Waals surface area (Å²) in [7, 11) is 0. The second kappa shape index (κ2) is 6.92. The van der Waals surface area contributed by atoms with Gasteiger partial charge in [0.05, 0.1) is 13.0 Å². The first-order chi connectivity index (χ1) is 9.20. The molecule has 1 fully saturated rings. The van der Waals surface area contributed by atoms with Crippen LogP contribution in [0.25, 0.3) is 0 Å². The summed E-state index contributed by atoms with van der Waals surface area (Å²) in [5, 5.41) is 0.722. The number of rotatable bonds is 5. The predicted molar refractivity (Wildman–Crippen MR) is 76.3 cm³/mol. The maximum atomic E-state index is 11.8. The molecule has 0 radical (unpaired) electrons. The van der Waals surface area contributed by atoms with Gasteiger partial charge in [-0.05, 0) is 50.6 Å². The lowest BCUT2D eigenvalue weighted by molar-refractivity contribution is -0.144. The van der Waals surface area contributed by atoms with Crippen molar-refractivity contribution in [3.05, 3.63) is 34.9 Å². The van der Waals surface area contributed by atoms with Crippen molar-refractivity contribution >= 4 is 17.6 Å². The molecular formula is C15H20ClNO2. The third-order valence-electron chi connectivity index (χ3n) is 3.50. The van der Waals surface area contributed by atoms with E-state index in [0.29, 0.717) is 13.0 Å². The Hall–Kier alpha value is -1.06. The Morgan fingerprint density at radius 2 is 1.95 bits per heavy atom. The Morgan fingerprint density at radius 1 is 1.32 bits per heavy atom. The highest BCUT2D eigenvalue weighted by atomic mass is 35.5. The molecule has 1 aromatic rings. The summed E-state index contributed by atoms with van der Waals surface area (Å²) in [4.78, 5) is 14.1. The van der Waals surface area contributed by atoms with Gasteiger partial charge in [0, 0.05) is 11.1 Å². The molecule has 0 saturated carbocycles. The van der Waals surface area contributed by atoms with E-state index in [1.807, 2.05) is 31.2 Å². The molecule has 0 aromatic heterocycles. The summed E-state index contributed by atoms with van der Waals surface area (Å²) >= 11 is 5.93. The third kappa shape index (κ3) is 3.95. The van der Waals surface area contributed by atoms with Crippen LogP contribution in [-0.2, 0) is 9.53 Å². The molecule has 3 nitrogen and oxygen atoms in total. The summed E-state index contributed by atoms with van der Waals surface area (Å²) in [5.74, 6) is -0.130. The summed E-state index contributed by atoms with van der Waals surface area (Å²) in [6.45, 7) is 4.37. The molecule has 1 saturated heterocycles. The van der Waals surface area contributed by atoms with Crippen molar-refractivity contribution in [3.63, 3.8) is 0 Å². The molecule has 1 heterocycles. The average Bonchev–Trinajstić information content (AvgIpc) is 2.91. The lowest BCUT2D eigenvalue weighted by Gasteiger charge is -2.27. The van der Waals surface area contributed by atoms with Crippen LogP contribution in [0.3, 0.4) is 0 Å². The van der Waals surface area contributed by atoms with Crippen molar-refractivity contribution < 1.29 is 9.53 Å². The summed E-state index contributed by atoms with van der Waals surface area (Å²) in [6.07, 6.45) is 2.81. The molecule has 0 amide bonds. The van der Waals surface area contributed by atoms with E-state index >= 15 is 0 Å². The van der Waals surface area contributed by atoms with Gasteiger partial charge in [-0.1, -0.05) is 23.7 Å². The third-order valence-corrected chi connectivity index (χ3v) is 3.75. The largest absolute Gasteiger partial charge is 0.466 e. The molecule has 0 N–H and O–H groups in total. The number of halogens is 1. The Labute approximate surface area is 119 Å². The molecule has 0 spiro atoms. The Kier molecular flexibility index (Phi) is 5.23. The number of ether oxygens (including phenoxy) is 1. The number of hydrogen-bond donors (Lipinski definition) is 0.